The topological polar surface area (TPSA) is 112 Å². The fourth-order valence-corrected chi connectivity index (χ4v) is 8.89. The summed E-state index contributed by atoms with van der Waals surface area (Å²) in [7, 11) is 0. The molecular formula is C36H42O6. The molecular weight excluding hydrogens is 528 g/mol. The predicted octanol–water partition coefficient (Wildman–Crippen LogP) is 6.79. The number of benzene rings is 2. The average molecular weight is 571 g/mol. The van der Waals surface area contributed by atoms with Crippen LogP contribution in [0.4, 0.5) is 0 Å². The third-order valence-corrected chi connectivity index (χ3v) is 10.3. The Morgan fingerprint density at radius 3 is 2.19 bits per heavy atom. The van der Waals surface area contributed by atoms with Gasteiger partial charge in [0.2, 0.25) is 11.6 Å². The zero-order valence-corrected chi connectivity index (χ0v) is 26.1. The molecule has 0 saturated heterocycles. The van der Waals surface area contributed by atoms with E-state index < -0.39 is 45.5 Å². The van der Waals surface area contributed by atoms with Crippen LogP contribution in [0.3, 0.4) is 0 Å². The number of fused-ring (bicyclic) bond motifs is 3. The van der Waals surface area contributed by atoms with Crippen molar-refractivity contribution in [2.45, 2.75) is 86.7 Å². The molecule has 1 fully saturated rings. The summed E-state index contributed by atoms with van der Waals surface area (Å²) in [6, 6.07) is 9.68. The number of hydrogen-bond donors (Lipinski definition) is 3. The largest absolute Gasteiger partial charge is 0.507 e. The smallest absolute Gasteiger partial charge is 0.206 e. The molecule has 0 amide bonds. The van der Waals surface area contributed by atoms with Crippen LogP contribution in [0, 0.1) is 29.6 Å². The highest BCUT2D eigenvalue weighted by atomic mass is 16.3. The molecule has 0 spiro atoms. The van der Waals surface area contributed by atoms with Gasteiger partial charge in [-0.25, -0.2) is 0 Å². The molecule has 3 N–H and O–H groups in total. The number of carbonyl (C=O) groups is 3. The molecule has 42 heavy (non-hydrogen) atoms. The lowest BCUT2D eigenvalue weighted by molar-refractivity contribution is -0.180. The van der Waals surface area contributed by atoms with Crippen molar-refractivity contribution >= 4 is 23.1 Å². The van der Waals surface area contributed by atoms with E-state index in [1.54, 1.807) is 13.8 Å². The molecule has 0 heterocycles. The molecule has 4 atom stereocenters. The Labute approximate surface area is 248 Å². The van der Waals surface area contributed by atoms with Crippen LogP contribution in [0.5, 0.6) is 5.75 Å². The van der Waals surface area contributed by atoms with Crippen LogP contribution in [-0.4, -0.2) is 38.3 Å². The zero-order chi connectivity index (χ0) is 31.3. The van der Waals surface area contributed by atoms with Crippen molar-refractivity contribution in [2.24, 2.45) is 22.7 Å². The van der Waals surface area contributed by atoms with E-state index in [4.69, 9.17) is 0 Å². The van der Waals surface area contributed by atoms with Crippen LogP contribution < -0.4 is 0 Å². The fourth-order valence-electron chi connectivity index (χ4n) is 8.89. The van der Waals surface area contributed by atoms with Gasteiger partial charge in [0.1, 0.15) is 11.5 Å². The molecule has 0 radical (unpaired) electrons. The minimum Gasteiger partial charge on any atom is -0.507 e. The zero-order valence-electron chi connectivity index (χ0n) is 26.1. The van der Waals surface area contributed by atoms with Crippen LogP contribution in [0.1, 0.15) is 90.0 Å². The van der Waals surface area contributed by atoms with Gasteiger partial charge in [0, 0.05) is 22.0 Å². The third-order valence-electron chi connectivity index (χ3n) is 10.3. The van der Waals surface area contributed by atoms with Crippen molar-refractivity contribution < 1.29 is 29.7 Å². The second kappa shape index (κ2) is 9.50. The Morgan fingerprint density at radius 1 is 1.00 bits per heavy atom. The first kappa shape index (κ1) is 30.0. The Bertz CT molecular complexity index is 1640. The molecule has 6 nitrogen and oxygen atoms in total. The molecule has 3 aliphatic rings. The SMILES string of the molecule is CC(=O)C1=C(C)[C@@H](C(C)C)[C@]2(C)C[C@]3(C)Cc4c(C(C)C)cc(-c5cccc(C)c5)c(O)c4C(O)=C3C(=O)[C@]2(O)C1=O. The number of aliphatic hydroxyl groups excluding tert-OH is 1. The van der Waals surface area contributed by atoms with Gasteiger partial charge in [-0.05, 0) is 74.1 Å². The van der Waals surface area contributed by atoms with Gasteiger partial charge in [-0.2, -0.15) is 0 Å². The van der Waals surface area contributed by atoms with Gasteiger partial charge in [0.15, 0.2) is 11.4 Å². The summed E-state index contributed by atoms with van der Waals surface area (Å²) in [6.45, 7) is 16.8. The number of allylic oxidation sites excluding steroid dienone is 1. The number of aliphatic hydroxyl groups is 2. The molecule has 222 valence electrons. The Balaban J connectivity index is 1.84. The van der Waals surface area contributed by atoms with Gasteiger partial charge in [-0.15, -0.1) is 0 Å². The van der Waals surface area contributed by atoms with Crippen molar-refractivity contribution in [3.8, 4) is 16.9 Å². The molecule has 3 aliphatic carbocycles. The van der Waals surface area contributed by atoms with Crippen LogP contribution in [0.25, 0.3) is 16.9 Å². The van der Waals surface area contributed by atoms with E-state index in [0.717, 1.165) is 22.3 Å². The highest BCUT2D eigenvalue weighted by Crippen LogP contribution is 2.65. The van der Waals surface area contributed by atoms with E-state index >= 15 is 0 Å². The number of phenolic OH excluding ortho intramolecular Hbond substituents is 1. The molecule has 0 aliphatic heterocycles. The average Bonchev–Trinajstić information content (AvgIpc) is 2.85. The first-order valence-electron chi connectivity index (χ1n) is 14.9. The number of ketones is 3. The number of hydrogen-bond acceptors (Lipinski definition) is 6. The predicted molar refractivity (Wildman–Crippen MR) is 163 cm³/mol. The van der Waals surface area contributed by atoms with Crippen molar-refractivity contribution in [3.63, 3.8) is 0 Å². The number of rotatable bonds is 4. The molecule has 0 bridgehead atoms. The first-order valence-corrected chi connectivity index (χ1v) is 14.9. The summed E-state index contributed by atoms with van der Waals surface area (Å²) in [5.74, 6) is -3.27. The van der Waals surface area contributed by atoms with Crippen molar-refractivity contribution in [1.29, 1.82) is 0 Å². The van der Waals surface area contributed by atoms with Crippen molar-refractivity contribution in [1.82, 2.24) is 0 Å². The highest BCUT2D eigenvalue weighted by Gasteiger charge is 2.72. The number of Topliss-reactive ketones (excluding diaryl/α,β-unsaturated/α-hetero) is 3. The van der Waals surface area contributed by atoms with Gasteiger partial charge in [-0.3, -0.25) is 14.4 Å². The molecule has 0 unspecified atom stereocenters. The maximum atomic E-state index is 14.6. The molecule has 0 aromatic heterocycles. The molecule has 6 heteroatoms. The van der Waals surface area contributed by atoms with E-state index in [9.17, 15) is 29.7 Å². The van der Waals surface area contributed by atoms with E-state index in [0.29, 0.717) is 17.6 Å². The number of aryl methyl sites for hydroxylation is 1. The summed E-state index contributed by atoms with van der Waals surface area (Å²) < 4.78 is 0. The lowest BCUT2D eigenvalue weighted by atomic mass is 9.42. The molecule has 2 aromatic rings. The fraction of sp³-hybridized carbons (Fsp3) is 0.472. The third kappa shape index (κ3) is 3.76. The van der Waals surface area contributed by atoms with Crippen LogP contribution in [-0.2, 0) is 20.8 Å². The molecule has 5 rings (SSSR count). The number of carbonyl (C=O) groups excluding carboxylic acids is 3. The monoisotopic (exact) mass is 570 g/mol. The minimum atomic E-state index is -2.53. The lowest BCUT2D eigenvalue weighted by Crippen LogP contribution is -2.70. The maximum Gasteiger partial charge on any atom is 0.206 e. The van der Waals surface area contributed by atoms with Crippen LogP contribution in [0.2, 0.25) is 0 Å². The minimum absolute atomic E-state index is 0.0515. The summed E-state index contributed by atoms with van der Waals surface area (Å²) in [5.41, 5.74) is -0.0587. The normalized spacial score (nSPS) is 29.2. The van der Waals surface area contributed by atoms with Crippen molar-refractivity contribution in [3.05, 3.63) is 69.3 Å². The second-order valence-electron chi connectivity index (χ2n) is 14.0. The molecule has 1 saturated carbocycles. The van der Waals surface area contributed by atoms with Gasteiger partial charge in [-0.1, -0.05) is 76.9 Å². The number of aromatic hydroxyl groups is 1. The van der Waals surface area contributed by atoms with Gasteiger partial charge in [0.05, 0.1) is 11.1 Å². The highest BCUT2D eigenvalue weighted by molar-refractivity contribution is 6.33. The van der Waals surface area contributed by atoms with Crippen LogP contribution >= 0.6 is 0 Å². The Kier molecular flexibility index (Phi) is 6.78. The van der Waals surface area contributed by atoms with Gasteiger partial charge in [0.25, 0.3) is 0 Å². The number of phenols is 1. The Morgan fingerprint density at radius 2 is 1.64 bits per heavy atom. The lowest BCUT2D eigenvalue weighted by Gasteiger charge is -2.60. The van der Waals surface area contributed by atoms with E-state index in [1.807, 2.05) is 58.0 Å². The standard InChI is InChI=1S/C36H42O6/c1-17(2)23-14-24(22-12-10-11-19(5)13-22)30(38)27-25(23)15-34(8)16-35(9)28(18(3)4)20(6)26(21(7)37)32(40)36(35,42)33(41)29(34)31(27)39/h10-14,17-18,28,38-39,42H,15-16H2,1-9H3/t28-,34+,35+,36-/m1/s1. The Hall–Kier alpha value is -3.51. The van der Waals surface area contributed by atoms with Crippen molar-refractivity contribution in [2.75, 3.05) is 0 Å². The summed E-state index contributed by atoms with van der Waals surface area (Å²) >= 11 is 0. The van der Waals surface area contributed by atoms with Crippen LogP contribution in [0.15, 0.2) is 47.1 Å². The maximum absolute atomic E-state index is 14.6. The summed E-state index contributed by atoms with van der Waals surface area (Å²) in [5, 5.41) is 36.0. The van der Waals surface area contributed by atoms with E-state index in [1.165, 1.54) is 6.92 Å². The van der Waals surface area contributed by atoms with Gasteiger partial charge >= 0.3 is 0 Å². The summed E-state index contributed by atoms with van der Waals surface area (Å²) in [4.78, 5) is 41.4. The first-order chi connectivity index (χ1) is 19.4. The summed E-state index contributed by atoms with van der Waals surface area (Å²) in [6.07, 6.45) is 0.575. The quantitative estimate of drug-likeness (QED) is 0.276. The second-order valence-corrected chi connectivity index (χ2v) is 14.0. The van der Waals surface area contributed by atoms with Gasteiger partial charge < -0.3 is 15.3 Å². The molecule has 2 aromatic carbocycles. The van der Waals surface area contributed by atoms with E-state index in [-0.39, 0.29) is 40.7 Å². The van der Waals surface area contributed by atoms with E-state index in [2.05, 4.69) is 13.8 Å².